The lowest BCUT2D eigenvalue weighted by molar-refractivity contribution is -0.137. The van der Waals surface area contributed by atoms with Crippen LogP contribution in [-0.2, 0) is 11.0 Å². The van der Waals surface area contributed by atoms with Crippen molar-refractivity contribution in [3.8, 4) is 5.75 Å². The van der Waals surface area contributed by atoms with Gasteiger partial charge in [0.2, 0.25) is 5.91 Å². The Morgan fingerprint density at radius 2 is 1.90 bits per heavy atom. The van der Waals surface area contributed by atoms with Crippen LogP contribution in [0.15, 0.2) is 42.6 Å². The number of pyridine rings is 1. The molecule has 1 N–H and O–H groups in total. The van der Waals surface area contributed by atoms with E-state index in [1.807, 2.05) is 4.90 Å². The Balaban J connectivity index is 1.49. The van der Waals surface area contributed by atoms with Crippen LogP contribution in [0.3, 0.4) is 0 Å². The smallest absolute Gasteiger partial charge is 0.417 e. The number of aromatic nitrogens is 1. The van der Waals surface area contributed by atoms with E-state index in [0.29, 0.717) is 30.2 Å². The van der Waals surface area contributed by atoms with Gasteiger partial charge in [-0.2, -0.15) is 13.2 Å². The average molecular weight is 435 g/mol. The molecule has 1 amide bonds. The van der Waals surface area contributed by atoms with Crippen LogP contribution >= 0.6 is 0 Å². The fourth-order valence-corrected chi connectivity index (χ4v) is 3.49. The maximum atomic E-state index is 12.7. The van der Waals surface area contributed by atoms with Crippen molar-refractivity contribution >= 4 is 17.5 Å². The molecule has 31 heavy (non-hydrogen) atoms. The molecule has 1 aliphatic rings. The van der Waals surface area contributed by atoms with Gasteiger partial charge in [-0.1, -0.05) is 0 Å². The molecule has 1 atom stereocenters. The Morgan fingerprint density at radius 1 is 1.16 bits per heavy atom. The van der Waals surface area contributed by atoms with Gasteiger partial charge < -0.3 is 15.0 Å². The molecule has 2 heterocycles. The van der Waals surface area contributed by atoms with E-state index in [1.165, 1.54) is 6.07 Å². The van der Waals surface area contributed by atoms with E-state index in [0.717, 1.165) is 25.1 Å². The highest BCUT2D eigenvalue weighted by Crippen LogP contribution is 2.29. The van der Waals surface area contributed by atoms with Gasteiger partial charge in [-0.15, -0.1) is 0 Å². The van der Waals surface area contributed by atoms with Crippen LogP contribution in [0.4, 0.5) is 19.0 Å². The van der Waals surface area contributed by atoms with Crippen molar-refractivity contribution in [2.75, 3.05) is 25.1 Å². The fourth-order valence-electron chi connectivity index (χ4n) is 3.49. The van der Waals surface area contributed by atoms with Crippen LogP contribution in [0.5, 0.6) is 5.75 Å². The van der Waals surface area contributed by atoms with Gasteiger partial charge in [0, 0.05) is 43.7 Å². The number of ketones is 1. The number of benzene rings is 1. The molecule has 0 radical (unpaired) electrons. The molecule has 0 bridgehead atoms. The number of piperidine rings is 1. The summed E-state index contributed by atoms with van der Waals surface area (Å²) in [5, 5.41) is 2.92. The number of carbonyl (C=O) groups is 2. The molecule has 0 aliphatic carbocycles. The zero-order valence-electron chi connectivity index (χ0n) is 17.1. The Kier molecular flexibility index (Phi) is 7.14. The number of methoxy groups -OCH3 is 1. The van der Waals surface area contributed by atoms with Crippen molar-refractivity contribution in [1.82, 2.24) is 10.3 Å². The maximum absolute atomic E-state index is 12.7. The second-order valence-electron chi connectivity index (χ2n) is 7.41. The molecule has 1 aliphatic heterocycles. The van der Waals surface area contributed by atoms with Crippen molar-refractivity contribution in [3.05, 3.63) is 53.7 Å². The second-order valence-corrected chi connectivity index (χ2v) is 7.41. The van der Waals surface area contributed by atoms with Gasteiger partial charge >= 0.3 is 6.18 Å². The molecular weight excluding hydrogens is 411 g/mol. The molecular formula is C22H24F3N3O3. The molecule has 2 aromatic rings. The second kappa shape index (κ2) is 9.80. The predicted octanol–water partition coefficient (Wildman–Crippen LogP) is 3.86. The molecule has 1 aromatic carbocycles. The van der Waals surface area contributed by atoms with E-state index < -0.39 is 11.7 Å². The lowest BCUT2D eigenvalue weighted by Gasteiger charge is -2.34. The van der Waals surface area contributed by atoms with Gasteiger partial charge in [-0.3, -0.25) is 9.59 Å². The topological polar surface area (TPSA) is 71.5 Å². The summed E-state index contributed by atoms with van der Waals surface area (Å²) in [6.07, 6.45) is -1.90. The first-order valence-corrected chi connectivity index (χ1v) is 10.0. The number of Topliss-reactive ketones (excluding diaryl/α,β-unsaturated/α-hetero) is 1. The van der Waals surface area contributed by atoms with Crippen LogP contribution < -0.4 is 15.0 Å². The molecule has 1 fully saturated rings. The zero-order valence-corrected chi connectivity index (χ0v) is 17.1. The molecule has 0 saturated carbocycles. The molecule has 0 unspecified atom stereocenters. The van der Waals surface area contributed by atoms with Gasteiger partial charge in [-0.05, 0) is 49.2 Å². The van der Waals surface area contributed by atoms with E-state index in [9.17, 15) is 22.8 Å². The maximum Gasteiger partial charge on any atom is 0.417 e. The van der Waals surface area contributed by atoms with E-state index in [-0.39, 0.29) is 30.6 Å². The quantitative estimate of drug-likeness (QED) is 0.669. The summed E-state index contributed by atoms with van der Waals surface area (Å²) in [6, 6.07) is 8.92. The van der Waals surface area contributed by atoms with Crippen molar-refractivity contribution in [2.24, 2.45) is 0 Å². The summed E-state index contributed by atoms with van der Waals surface area (Å²) in [5.74, 6) is 0.742. The third-order valence-corrected chi connectivity index (χ3v) is 5.18. The number of ether oxygens (including phenoxy) is 1. The van der Waals surface area contributed by atoms with Crippen LogP contribution in [0, 0.1) is 0 Å². The minimum Gasteiger partial charge on any atom is -0.497 e. The summed E-state index contributed by atoms with van der Waals surface area (Å²) in [4.78, 5) is 30.3. The summed E-state index contributed by atoms with van der Waals surface area (Å²) in [6.45, 7) is 1.11. The molecule has 0 spiro atoms. The molecule has 6 nitrogen and oxygen atoms in total. The van der Waals surface area contributed by atoms with Crippen LogP contribution in [0.1, 0.15) is 41.6 Å². The number of halogens is 3. The summed E-state index contributed by atoms with van der Waals surface area (Å²) >= 11 is 0. The Bertz CT molecular complexity index is 899. The van der Waals surface area contributed by atoms with Gasteiger partial charge in [0.15, 0.2) is 5.78 Å². The standard InChI is InChI=1S/C22H24F3N3O3/c1-31-18-7-4-15(5-8-18)19(29)9-11-21(30)27-17-3-2-12-28(14-17)20-10-6-16(13-26-20)22(23,24)25/h4-8,10,13,17H,2-3,9,11-12,14H2,1H3,(H,27,30)/t17-/m0/s1. The first-order chi connectivity index (χ1) is 14.8. The SMILES string of the molecule is COc1ccc(C(=O)CCC(=O)N[C@H]2CCCN(c3ccc(C(F)(F)F)cn3)C2)cc1. The van der Waals surface area contributed by atoms with Crippen molar-refractivity contribution < 1.29 is 27.5 Å². The van der Waals surface area contributed by atoms with Gasteiger partial charge in [-0.25, -0.2) is 4.98 Å². The van der Waals surface area contributed by atoms with E-state index in [2.05, 4.69) is 10.3 Å². The number of hydrogen-bond donors (Lipinski definition) is 1. The summed E-state index contributed by atoms with van der Waals surface area (Å²) in [7, 11) is 1.54. The summed E-state index contributed by atoms with van der Waals surface area (Å²) < 4.78 is 43.2. The summed E-state index contributed by atoms with van der Waals surface area (Å²) in [5.41, 5.74) is -0.273. The highest BCUT2D eigenvalue weighted by Gasteiger charge is 2.31. The number of hydrogen-bond acceptors (Lipinski definition) is 5. The molecule has 3 rings (SSSR count). The number of anilines is 1. The Hall–Kier alpha value is -3.10. The number of alkyl halides is 3. The number of carbonyl (C=O) groups excluding carboxylic acids is 2. The largest absolute Gasteiger partial charge is 0.497 e. The van der Waals surface area contributed by atoms with E-state index in [4.69, 9.17) is 4.74 Å². The first kappa shape index (κ1) is 22.6. The van der Waals surface area contributed by atoms with Crippen molar-refractivity contribution in [2.45, 2.75) is 37.9 Å². The van der Waals surface area contributed by atoms with Gasteiger partial charge in [0.1, 0.15) is 11.6 Å². The number of nitrogens with zero attached hydrogens (tertiary/aromatic N) is 2. The first-order valence-electron chi connectivity index (χ1n) is 10.0. The van der Waals surface area contributed by atoms with Gasteiger partial charge in [0.05, 0.1) is 12.7 Å². The van der Waals surface area contributed by atoms with Crippen LogP contribution in [0.2, 0.25) is 0 Å². The van der Waals surface area contributed by atoms with E-state index >= 15 is 0 Å². The Morgan fingerprint density at radius 3 is 2.52 bits per heavy atom. The van der Waals surface area contributed by atoms with Crippen molar-refractivity contribution in [3.63, 3.8) is 0 Å². The average Bonchev–Trinajstić information content (AvgIpc) is 2.77. The third-order valence-electron chi connectivity index (χ3n) is 5.18. The zero-order chi connectivity index (χ0) is 22.4. The number of rotatable bonds is 7. The molecule has 1 saturated heterocycles. The normalized spacial score (nSPS) is 16.6. The lowest BCUT2D eigenvalue weighted by atomic mass is 10.0. The monoisotopic (exact) mass is 435 g/mol. The van der Waals surface area contributed by atoms with E-state index in [1.54, 1.807) is 31.4 Å². The van der Waals surface area contributed by atoms with Crippen molar-refractivity contribution in [1.29, 1.82) is 0 Å². The number of nitrogens with one attached hydrogen (secondary N) is 1. The minimum atomic E-state index is -4.42. The molecule has 1 aromatic heterocycles. The van der Waals surface area contributed by atoms with Crippen LogP contribution in [0.25, 0.3) is 0 Å². The minimum absolute atomic E-state index is 0.0693. The highest BCUT2D eigenvalue weighted by atomic mass is 19.4. The molecule has 9 heteroatoms. The lowest BCUT2D eigenvalue weighted by Crippen LogP contribution is -2.48. The van der Waals surface area contributed by atoms with Gasteiger partial charge in [0.25, 0.3) is 0 Å². The molecule has 166 valence electrons. The highest BCUT2D eigenvalue weighted by molar-refractivity contribution is 5.98. The third kappa shape index (κ3) is 6.19. The predicted molar refractivity (Wildman–Crippen MR) is 109 cm³/mol. The number of amides is 1. The Labute approximate surface area is 178 Å². The fraction of sp³-hybridized carbons (Fsp3) is 0.409. The van der Waals surface area contributed by atoms with Crippen LogP contribution in [-0.4, -0.2) is 42.9 Å².